The van der Waals surface area contributed by atoms with Crippen LogP contribution in [0.3, 0.4) is 0 Å². The Kier molecular flexibility index (Phi) is 8.44. The molecule has 0 aliphatic carbocycles. The quantitative estimate of drug-likeness (QED) is 0.397. The van der Waals surface area contributed by atoms with Crippen molar-refractivity contribution in [2.45, 2.75) is 25.3 Å². The minimum atomic E-state index is -0.988. The van der Waals surface area contributed by atoms with Crippen molar-refractivity contribution >= 4 is 29.1 Å². The van der Waals surface area contributed by atoms with Crippen molar-refractivity contribution in [1.82, 2.24) is 10.3 Å². The fourth-order valence-corrected chi connectivity index (χ4v) is 2.85. The summed E-state index contributed by atoms with van der Waals surface area (Å²) in [5, 5.41) is 2.83. The van der Waals surface area contributed by atoms with Gasteiger partial charge in [0.1, 0.15) is 17.7 Å². The Morgan fingerprint density at radius 1 is 1.25 bits per heavy atom. The topological polar surface area (TPSA) is 62.3 Å². The van der Waals surface area contributed by atoms with Crippen molar-refractivity contribution in [2.75, 3.05) is 17.3 Å². The first-order valence-corrected chi connectivity index (χ1v) is 9.36. The van der Waals surface area contributed by atoms with Crippen LogP contribution in [0, 0.1) is 18.2 Å². The summed E-state index contributed by atoms with van der Waals surface area (Å²) >= 11 is 5.79. The van der Waals surface area contributed by atoms with Gasteiger partial charge in [-0.15, -0.1) is 23.9 Å². The summed E-state index contributed by atoms with van der Waals surface area (Å²) in [5.41, 5.74) is 0.884. The number of hydrogen-bond acceptors (Lipinski definition) is 3. The molecule has 2 aromatic rings. The van der Waals surface area contributed by atoms with Gasteiger partial charge in [0.15, 0.2) is 0 Å². The molecule has 146 valence electrons. The van der Waals surface area contributed by atoms with E-state index < -0.39 is 17.8 Å². The highest BCUT2D eigenvalue weighted by atomic mass is 35.5. The van der Waals surface area contributed by atoms with Gasteiger partial charge in [0.05, 0.1) is 0 Å². The van der Waals surface area contributed by atoms with Gasteiger partial charge in [-0.3, -0.25) is 19.5 Å². The van der Waals surface area contributed by atoms with E-state index in [1.807, 2.05) is 0 Å². The number of nitrogens with zero attached hydrogens (tertiary/aromatic N) is 2. The smallest absolute Gasteiger partial charge is 0.247 e. The predicted molar refractivity (Wildman–Crippen MR) is 107 cm³/mol. The van der Waals surface area contributed by atoms with E-state index in [-0.39, 0.29) is 11.8 Å². The van der Waals surface area contributed by atoms with E-state index in [9.17, 15) is 14.0 Å². The molecule has 0 bridgehead atoms. The number of aromatic nitrogens is 1. The zero-order valence-corrected chi connectivity index (χ0v) is 16.0. The van der Waals surface area contributed by atoms with Crippen LogP contribution in [0.4, 0.5) is 10.1 Å². The van der Waals surface area contributed by atoms with E-state index in [1.54, 1.807) is 18.3 Å². The lowest BCUT2D eigenvalue weighted by molar-refractivity contribution is -0.125. The van der Waals surface area contributed by atoms with Gasteiger partial charge in [-0.2, -0.15) is 0 Å². The Labute approximate surface area is 168 Å². The van der Waals surface area contributed by atoms with E-state index in [0.717, 1.165) is 12.8 Å². The average Bonchev–Trinajstić information content (AvgIpc) is 2.72. The largest absolute Gasteiger partial charge is 0.354 e. The third-order valence-corrected chi connectivity index (χ3v) is 4.27. The van der Waals surface area contributed by atoms with Crippen molar-refractivity contribution < 1.29 is 14.0 Å². The molecule has 1 aromatic heterocycles. The Balaban J connectivity index is 2.34. The minimum absolute atomic E-state index is 0.330. The molecule has 0 saturated heterocycles. The summed E-state index contributed by atoms with van der Waals surface area (Å²) in [6, 6.07) is 7.71. The van der Waals surface area contributed by atoms with E-state index in [4.69, 9.17) is 18.0 Å². The summed E-state index contributed by atoms with van der Waals surface area (Å²) in [7, 11) is 0. The van der Waals surface area contributed by atoms with Gasteiger partial charge in [0, 0.05) is 36.6 Å². The van der Waals surface area contributed by atoms with Gasteiger partial charge in [-0.25, -0.2) is 4.39 Å². The number of nitrogens with one attached hydrogen (secondary N) is 1. The fraction of sp³-hybridized carbons (Fsp3) is 0.286. The number of carbonyl (C=O) groups is 2. The first-order valence-electron chi connectivity index (χ1n) is 8.83. The lowest BCUT2D eigenvalue weighted by Crippen LogP contribution is -2.44. The zero-order valence-electron chi connectivity index (χ0n) is 15.3. The molecule has 0 fully saturated rings. The number of amides is 2. The lowest BCUT2D eigenvalue weighted by Gasteiger charge is -2.30. The predicted octanol–water partition coefficient (Wildman–Crippen LogP) is 3.45. The summed E-state index contributed by atoms with van der Waals surface area (Å²) in [5.74, 6) is 0.916. The van der Waals surface area contributed by atoms with Gasteiger partial charge in [0.2, 0.25) is 11.8 Å². The Hall–Kier alpha value is -2.91. The number of anilines is 1. The molecule has 2 rings (SSSR count). The van der Waals surface area contributed by atoms with Crippen LogP contribution in [0.2, 0.25) is 0 Å². The number of hydrogen-bond donors (Lipinski definition) is 1. The first-order chi connectivity index (χ1) is 13.6. The number of rotatable bonds is 9. The van der Waals surface area contributed by atoms with E-state index in [0.29, 0.717) is 24.2 Å². The van der Waals surface area contributed by atoms with Gasteiger partial charge in [0.25, 0.3) is 0 Å². The molecule has 1 atom stereocenters. The highest BCUT2D eigenvalue weighted by Gasteiger charge is 2.32. The molecule has 7 heteroatoms. The van der Waals surface area contributed by atoms with Crippen LogP contribution in [-0.2, 0) is 9.59 Å². The molecular formula is C21H21ClFN3O2. The Morgan fingerprint density at radius 3 is 2.61 bits per heavy atom. The summed E-state index contributed by atoms with van der Waals surface area (Å²) in [6.45, 7) is 0.420. The van der Waals surface area contributed by atoms with Crippen molar-refractivity contribution in [3.8, 4) is 12.3 Å². The highest BCUT2D eigenvalue weighted by Crippen LogP contribution is 2.28. The maximum absolute atomic E-state index is 13.4. The van der Waals surface area contributed by atoms with E-state index in [2.05, 4.69) is 16.2 Å². The van der Waals surface area contributed by atoms with E-state index >= 15 is 0 Å². The van der Waals surface area contributed by atoms with Crippen LogP contribution < -0.4 is 10.2 Å². The van der Waals surface area contributed by atoms with Crippen LogP contribution >= 0.6 is 11.6 Å². The molecule has 5 nitrogen and oxygen atoms in total. The lowest BCUT2D eigenvalue weighted by atomic mass is 10.0. The number of pyridine rings is 1. The second kappa shape index (κ2) is 11.1. The fourth-order valence-electron chi connectivity index (χ4n) is 2.72. The first kappa shape index (κ1) is 21.4. The van der Waals surface area contributed by atoms with Crippen molar-refractivity contribution in [2.24, 2.45) is 0 Å². The second-order valence-electron chi connectivity index (χ2n) is 6.01. The number of terminal acetylenes is 1. The van der Waals surface area contributed by atoms with Crippen molar-refractivity contribution in [3.05, 3.63) is 60.2 Å². The molecule has 2 amide bonds. The normalized spacial score (nSPS) is 11.3. The third-order valence-electron chi connectivity index (χ3n) is 4.04. The zero-order chi connectivity index (χ0) is 20.4. The van der Waals surface area contributed by atoms with Gasteiger partial charge < -0.3 is 5.32 Å². The maximum atomic E-state index is 13.4. The summed E-state index contributed by atoms with van der Waals surface area (Å²) in [6.07, 6.45) is 10.5. The van der Waals surface area contributed by atoms with Crippen molar-refractivity contribution in [3.63, 3.8) is 0 Å². The number of halogens is 2. The van der Waals surface area contributed by atoms with Crippen LogP contribution in [0.25, 0.3) is 0 Å². The standard InChI is InChI=1S/C21H21ClFN3O2/c1-2-3-4-5-13-25-21(28)20(16-7-6-12-24-15-16)26(19(27)14-22)18-10-8-17(23)9-11-18/h1,6-12,15,20H,3-5,13-14H2,(H,25,28). The molecule has 1 aromatic carbocycles. The maximum Gasteiger partial charge on any atom is 0.247 e. The minimum Gasteiger partial charge on any atom is -0.354 e. The van der Waals surface area contributed by atoms with Gasteiger partial charge >= 0.3 is 0 Å². The van der Waals surface area contributed by atoms with Crippen LogP contribution in [0.5, 0.6) is 0 Å². The number of carbonyl (C=O) groups excluding carboxylic acids is 2. The Bertz CT molecular complexity index is 822. The molecule has 0 saturated carbocycles. The molecule has 1 unspecified atom stereocenters. The van der Waals surface area contributed by atoms with Crippen LogP contribution in [-0.4, -0.2) is 29.2 Å². The second-order valence-corrected chi connectivity index (χ2v) is 6.28. The summed E-state index contributed by atoms with van der Waals surface area (Å²) < 4.78 is 13.4. The monoisotopic (exact) mass is 401 g/mol. The molecule has 0 radical (unpaired) electrons. The van der Waals surface area contributed by atoms with Gasteiger partial charge in [-0.1, -0.05) is 6.07 Å². The molecule has 0 spiro atoms. The molecule has 1 N–H and O–H groups in total. The molecule has 0 aliphatic heterocycles. The summed E-state index contributed by atoms with van der Waals surface area (Å²) in [4.78, 5) is 30.9. The molecular weight excluding hydrogens is 381 g/mol. The van der Waals surface area contributed by atoms with E-state index in [1.165, 1.54) is 35.4 Å². The van der Waals surface area contributed by atoms with Crippen LogP contribution in [0.1, 0.15) is 30.9 Å². The average molecular weight is 402 g/mol. The van der Waals surface area contributed by atoms with Gasteiger partial charge in [-0.05, 0) is 43.2 Å². The number of unbranched alkanes of at least 4 members (excludes halogenated alkanes) is 2. The highest BCUT2D eigenvalue weighted by molar-refractivity contribution is 6.29. The molecule has 0 aliphatic rings. The molecule has 1 heterocycles. The Morgan fingerprint density at radius 2 is 2.00 bits per heavy atom. The number of alkyl halides is 1. The third kappa shape index (κ3) is 5.80. The number of benzene rings is 1. The van der Waals surface area contributed by atoms with Crippen LogP contribution in [0.15, 0.2) is 48.8 Å². The SMILES string of the molecule is C#CCCCCNC(=O)C(c1cccnc1)N(C(=O)CCl)c1ccc(F)cc1. The van der Waals surface area contributed by atoms with Crippen molar-refractivity contribution in [1.29, 1.82) is 0 Å². The molecule has 28 heavy (non-hydrogen) atoms.